The van der Waals surface area contributed by atoms with Gasteiger partial charge in [-0.2, -0.15) is 9.96 Å². The number of hydrogen-bond donors (Lipinski definition) is 2. The van der Waals surface area contributed by atoms with Crippen LogP contribution in [0, 0.1) is 11.8 Å². The Labute approximate surface area is 174 Å². The molecule has 0 aromatic rings. The summed E-state index contributed by atoms with van der Waals surface area (Å²) in [5.41, 5.74) is 2.38. The third-order valence-electron chi connectivity index (χ3n) is 4.78. The Balaban J connectivity index is 1.89. The van der Waals surface area contributed by atoms with Gasteiger partial charge in [-0.1, -0.05) is 13.8 Å². The molecule has 0 bridgehead atoms. The van der Waals surface area contributed by atoms with Gasteiger partial charge in [0.25, 0.3) is 12.9 Å². The smallest absolute Gasteiger partial charge is 0.451 e. The molecule has 2 aliphatic heterocycles. The quantitative estimate of drug-likeness (QED) is 0.186. The Kier molecular flexibility index (Phi) is 8.01. The largest absolute Gasteiger partial charge is 0.462 e. The average molecular weight is 424 g/mol. The molecule has 2 N–H and O–H groups in total. The molecule has 0 spiro atoms. The second kappa shape index (κ2) is 10.3. The highest BCUT2D eigenvalue weighted by Crippen LogP contribution is 2.30. The molecule has 30 heavy (non-hydrogen) atoms. The van der Waals surface area contributed by atoms with Crippen LogP contribution in [0.15, 0.2) is 17.3 Å². The van der Waals surface area contributed by atoms with E-state index in [1.165, 1.54) is 12.3 Å². The molecule has 0 aromatic carbocycles. The second-order valence-electron chi connectivity index (χ2n) is 7.46. The molecule has 1 saturated heterocycles. The van der Waals surface area contributed by atoms with Gasteiger partial charge in [-0.15, -0.1) is 9.66 Å². The van der Waals surface area contributed by atoms with Gasteiger partial charge in [-0.05, 0) is 6.42 Å². The number of hydrogen-bond acceptors (Lipinski definition) is 8. The number of carbonyl (C=O) groups excluding carboxylic acids is 3. The van der Waals surface area contributed by atoms with Crippen LogP contribution in [-0.4, -0.2) is 78.9 Å². The van der Waals surface area contributed by atoms with Crippen LogP contribution < -0.4 is 10.1 Å². The summed E-state index contributed by atoms with van der Waals surface area (Å²) >= 11 is 0. The van der Waals surface area contributed by atoms with Crippen molar-refractivity contribution in [2.45, 2.75) is 39.0 Å². The number of aliphatic hydroxyl groups is 1. The number of quaternary nitrogens is 1. The first-order valence-corrected chi connectivity index (χ1v) is 9.58. The maximum absolute atomic E-state index is 12.6. The van der Waals surface area contributed by atoms with Crippen LogP contribution >= 0.6 is 0 Å². The third kappa shape index (κ3) is 5.61. The van der Waals surface area contributed by atoms with E-state index >= 15 is 0 Å². The summed E-state index contributed by atoms with van der Waals surface area (Å²) in [4.78, 5) is 44.8. The Morgan fingerprint density at radius 3 is 2.80 bits per heavy atom. The summed E-state index contributed by atoms with van der Waals surface area (Å²) < 4.78 is 14.3. The number of ether oxygens (including phenoxy) is 2. The van der Waals surface area contributed by atoms with Crippen LogP contribution in [0.25, 0.3) is 0 Å². The van der Waals surface area contributed by atoms with Gasteiger partial charge in [0.2, 0.25) is 6.23 Å². The molecule has 2 unspecified atom stereocenters. The number of nitrogens with zero attached hydrogens (tertiary/aromatic N) is 3. The van der Waals surface area contributed by atoms with E-state index in [9.17, 15) is 14.4 Å². The molecule has 11 nitrogen and oxygen atoms in total. The number of urea groups is 1. The monoisotopic (exact) mass is 424 g/mol. The van der Waals surface area contributed by atoms with Gasteiger partial charge >= 0.3 is 18.0 Å². The number of aliphatic imine (C=N–C) groups is 1. The zero-order chi connectivity index (χ0) is 22.3. The number of amides is 2. The SMILES string of the molecule is C=[N+]=CC(CO)C(=O)OC[C@@H]1CC[C@H]([N+]2(C)C=CC(NOC(=O)C(C)C)=NC2=O)O1. The summed E-state index contributed by atoms with van der Waals surface area (Å²) in [5.74, 6) is -2.17. The predicted octanol–water partition coefficient (Wildman–Crippen LogP) is -0.322. The molecule has 4 atom stereocenters. The van der Waals surface area contributed by atoms with E-state index in [-0.39, 0.29) is 28.9 Å². The predicted molar refractivity (Wildman–Crippen MR) is 107 cm³/mol. The van der Waals surface area contributed by atoms with Crippen molar-refractivity contribution in [3.8, 4) is 0 Å². The maximum atomic E-state index is 12.6. The molecule has 164 valence electrons. The number of rotatable bonds is 7. The maximum Gasteiger partial charge on any atom is 0.451 e. The minimum absolute atomic E-state index is 0.00402. The van der Waals surface area contributed by atoms with Crippen LogP contribution in [0.2, 0.25) is 0 Å². The van der Waals surface area contributed by atoms with Gasteiger partial charge in [0, 0.05) is 12.5 Å². The second-order valence-corrected chi connectivity index (χ2v) is 7.46. The molecule has 2 amide bonds. The van der Waals surface area contributed by atoms with Crippen LogP contribution in [0.4, 0.5) is 4.79 Å². The number of amidine groups is 1. The van der Waals surface area contributed by atoms with Gasteiger partial charge < -0.3 is 19.4 Å². The molecule has 2 heterocycles. The van der Waals surface area contributed by atoms with Crippen molar-refractivity contribution >= 4 is 36.7 Å². The molecule has 1 fully saturated rings. The number of nitrogens with one attached hydrogen (secondary N) is 1. The first-order valence-electron chi connectivity index (χ1n) is 9.58. The topological polar surface area (TPSA) is 138 Å². The molecule has 0 saturated carbocycles. The Morgan fingerprint density at radius 1 is 1.47 bits per heavy atom. The van der Waals surface area contributed by atoms with E-state index in [0.717, 1.165) is 0 Å². The lowest BCUT2D eigenvalue weighted by molar-refractivity contribution is -0.830. The summed E-state index contributed by atoms with van der Waals surface area (Å²) in [6.45, 7) is 6.19. The fraction of sp³-hybridized carbons (Fsp3) is 0.579. The standard InChI is InChI=1S/C19H27N4O7/c1-12(2)17(25)30-22-15-7-8-23(4,19(27)21-15)16-6-5-14(29-16)11-28-18(26)13(10-24)9-20-3/h7-9,12-14,16,24H,3,5-6,10-11H2,1-2,4H3/q+1/p+1/t13?,14-,16+,23?/m0/s1. The Hall–Kier alpha value is -2.85. The van der Waals surface area contributed by atoms with E-state index in [2.05, 4.69) is 21.9 Å². The summed E-state index contributed by atoms with van der Waals surface area (Å²) in [6.07, 6.45) is 4.60. The third-order valence-corrected chi connectivity index (χ3v) is 4.78. The van der Waals surface area contributed by atoms with E-state index in [4.69, 9.17) is 19.4 Å². The number of carbonyl (C=O) groups is 3. The average Bonchev–Trinajstić information content (AvgIpc) is 3.20. The summed E-state index contributed by atoms with van der Waals surface area (Å²) in [5, 5.41) is 9.17. The minimum atomic E-state index is -0.874. The lowest BCUT2D eigenvalue weighted by atomic mass is 10.2. The van der Waals surface area contributed by atoms with Gasteiger partial charge in [0.1, 0.15) is 12.8 Å². The molecule has 0 aromatic heterocycles. The Bertz CT molecular complexity index is 788. The van der Waals surface area contributed by atoms with Crippen LogP contribution in [-0.2, 0) is 23.9 Å². The van der Waals surface area contributed by atoms with Gasteiger partial charge in [0.15, 0.2) is 11.8 Å². The highest BCUT2D eigenvalue weighted by Gasteiger charge is 2.46. The molecular weight excluding hydrogens is 396 g/mol. The van der Waals surface area contributed by atoms with Crippen molar-refractivity contribution in [1.82, 2.24) is 10.1 Å². The van der Waals surface area contributed by atoms with Crippen LogP contribution in [0.3, 0.4) is 0 Å². The van der Waals surface area contributed by atoms with Crippen molar-refractivity contribution in [3.63, 3.8) is 0 Å². The van der Waals surface area contributed by atoms with Crippen LogP contribution in [0.1, 0.15) is 26.7 Å². The van der Waals surface area contributed by atoms with E-state index < -0.39 is 36.7 Å². The van der Waals surface area contributed by atoms with Crippen molar-refractivity contribution in [1.29, 1.82) is 0 Å². The molecule has 2 rings (SSSR count). The van der Waals surface area contributed by atoms with E-state index in [0.29, 0.717) is 12.8 Å². The zero-order valence-corrected chi connectivity index (χ0v) is 17.3. The fourth-order valence-corrected chi connectivity index (χ4v) is 2.83. The van der Waals surface area contributed by atoms with Crippen molar-refractivity contribution in [2.24, 2.45) is 16.8 Å². The Morgan fingerprint density at radius 2 is 2.20 bits per heavy atom. The van der Waals surface area contributed by atoms with E-state index in [1.807, 2.05) is 0 Å². The van der Waals surface area contributed by atoms with Gasteiger partial charge in [-0.25, -0.2) is 9.59 Å². The molecule has 2 aliphatic rings. The summed E-state index contributed by atoms with van der Waals surface area (Å²) in [6, 6.07) is -0.491. The molecule has 11 heteroatoms. The van der Waals surface area contributed by atoms with Crippen molar-refractivity contribution < 1.29 is 38.3 Å². The van der Waals surface area contributed by atoms with Gasteiger partial charge in [-0.3, -0.25) is 4.79 Å². The van der Waals surface area contributed by atoms with E-state index in [1.54, 1.807) is 27.1 Å². The lowest BCUT2D eigenvalue weighted by Crippen LogP contribution is -2.53. The normalized spacial score (nSPS) is 26.6. The van der Waals surface area contributed by atoms with Gasteiger partial charge in [0.05, 0.1) is 25.7 Å². The molecule has 0 aliphatic carbocycles. The lowest BCUT2D eigenvalue weighted by Gasteiger charge is -2.32. The van der Waals surface area contributed by atoms with Crippen molar-refractivity contribution in [2.75, 3.05) is 20.3 Å². The van der Waals surface area contributed by atoms with Crippen molar-refractivity contribution in [3.05, 3.63) is 12.3 Å². The number of esters is 1. The number of hydroxylamine groups is 1. The molecule has 0 radical (unpaired) electrons. The highest BCUT2D eigenvalue weighted by atomic mass is 16.7. The highest BCUT2D eigenvalue weighted by molar-refractivity contribution is 6.00. The number of aliphatic hydroxyl groups excluding tert-OH is 1. The molecular formula is C19H28N4O7+2. The summed E-state index contributed by atoms with van der Waals surface area (Å²) in [7, 11) is 1.66. The minimum Gasteiger partial charge on any atom is -0.462 e. The first kappa shape index (κ1) is 23.4. The van der Waals surface area contributed by atoms with Crippen LogP contribution in [0.5, 0.6) is 0 Å². The first-order chi connectivity index (χ1) is 14.2. The zero-order valence-electron chi connectivity index (χ0n) is 17.3. The fourth-order valence-electron chi connectivity index (χ4n) is 2.83.